The quantitative estimate of drug-likeness (QED) is 0.728. The number of ether oxygens (including phenoxy) is 1. The zero-order chi connectivity index (χ0) is 13.6. The molecule has 102 valence electrons. The summed E-state index contributed by atoms with van der Waals surface area (Å²) in [6.45, 7) is 8.08. The molecule has 1 saturated heterocycles. The number of fused-ring (bicyclic) bond motifs is 1. The number of anilines is 1. The van der Waals surface area contributed by atoms with Gasteiger partial charge in [0.2, 0.25) is 0 Å². The Bertz CT molecular complexity index is 517. The van der Waals surface area contributed by atoms with E-state index in [-0.39, 0.29) is 5.97 Å². The number of aromatic nitrogens is 1. The minimum atomic E-state index is -0.535. The highest BCUT2D eigenvalue weighted by Gasteiger charge is 2.41. The summed E-state index contributed by atoms with van der Waals surface area (Å²) < 4.78 is 5.47. The predicted octanol–water partition coefficient (Wildman–Crippen LogP) is 2.72. The lowest BCUT2D eigenvalue weighted by molar-refractivity contribution is 0.00957. The minimum absolute atomic E-state index is 0.235. The fourth-order valence-electron chi connectivity index (χ4n) is 2.95. The predicted molar refractivity (Wildman–Crippen MR) is 73.3 cm³/mol. The number of hydrogen-bond donors (Lipinski definition) is 0. The van der Waals surface area contributed by atoms with Crippen LogP contribution in [0.3, 0.4) is 0 Å². The van der Waals surface area contributed by atoms with Gasteiger partial charge in [-0.15, -0.1) is 0 Å². The first kappa shape index (κ1) is 12.5. The van der Waals surface area contributed by atoms with E-state index >= 15 is 0 Å². The summed E-state index contributed by atoms with van der Waals surface area (Å²) in [7, 11) is 0. The van der Waals surface area contributed by atoms with Gasteiger partial charge in [0.05, 0.1) is 0 Å². The van der Waals surface area contributed by atoms with E-state index in [0.29, 0.717) is 5.56 Å². The molecule has 2 aliphatic rings. The second-order valence-corrected chi connectivity index (χ2v) is 6.13. The Morgan fingerprint density at radius 1 is 1.37 bits per heavy atom. The largest absolute Gasteiger partial charge is 0.451 e. The third kappa shape index (κ3) is 1.99. The summed E-state index contributed by atoms with van der Waals surface area (Å²) in [5.74, 6) is 1.33. The van der Waals surface area contributed by atoms with Crippen LogP contribution in [-0.2, 0) is 10.3 Å². The van der Waals surface area contributed by atoms with Crippen molar-refractivity contribution in [2.24, 2.45) is 5.92 Å². The lowest BCUT2D eigenvalue weighted by atomic mass is 9.95. The first-order chi connectivity index (χ1) is 8.99. The third-order valence-corrected chi connectivity index (χ3v) is 4.21. The number of esters is 1. The van der Waals surface area contributed by atoms with Crippen LogP contribution >= 0.6 is 0 Å². The topological polar surface area (TPSA) is 42.4 Å². The van der Waals surface area contributed by atoms with Crippen molar-refractivity contribution in [3.05, 3.63) is 23.4 Å². The van der Waals surface area contributed by atoms with Crippen LogP contribution in [0.4, 0.5) is 5.82 Å². The van der Waals surface area contributed by atoms with E-state index < -0.39 is 5.60 Å². The van der Waals surface area contributed by atoms with Crippen molar-refractivity contribution in [1.82, 2.24) is 4.98 Å². The van der Waals surface area contributed by atoms with Crippen molar-refractivity contribution < 1.29 is 9.53 Å². The number of carbonyl (C=O) groups excluding carboxylic acids is 1. The molecular weight excluding hydrogens is 240 g/mol. The van der Waals surface area contributed by atoms with Gasteiger partial charge in [0.1, 0.15) is 17.0 Å². The summed E-state index contributed by atoms with van der Waals surface area (Å²) in [4.78, 5) is 18.8. The van der Waals surface area contributed by atoms with Crippen molar-refractivity contribution in [2.45, 2.75) is 39.2 Å². The fraction of sp³-hybridized carbons (Fsp3) is 0.600. The number of cyclic esters (lactones) is 1. The van der Waals surface area contributed by atoms with Crippen LogP contribution in [0, 0.1) is 5.92 Å². The highest BCUT2D eigenvalue weighted by atomic mass is 16.6. The maximum atomic E-state index is 12.1. The molecular formula is C15H20N2O2. The van der Waals surface area contributed by atoms with Crippen molar-refractivity contribution >= 4 is 11.8 Å². The first-order valence-corrected chi connectivity index (χ1v) is 6.97. The van der Waals surface area contributed by atoms with E-state index in [4.69, 9.17) is 4.74 Å². The van der Waals surface area contributed by atoms with Gasteiger partial charge in [0.15, 0.2) is 0 Å². The van der Waals surface area contributed by atoms with Crippen LogP contribution in [0.15, 0.2) is 12.3 Å². The summed E-state index contributed by atoms with van der Waals surface area (Å²) in [6.07, 6.45) is 4.10. The van der Waals surface area contributed by atoms with Gasteiger partial charge in [-0.3, -0.25) is 0 Å². The highest BCUT2D eigenvalue weighted by molar-refractivity contribution is 5.99. The van der Waals surface area contributed by atoms with E-state index in [1.165, 1.54) is 0 Å². The molecule has 4 heteroatoms. The van der Waals surface area contributed by atoms with Gasteiger partial charge in [-0.2, -0.15) is 0 Å². The van der Waals surface area contributed by atoms with Crippen molar-refractivity contribution in [2.75, 3.05) is 18.0 Å². The summed E-state index contributed by atoms with van der Waals surface area (Å²) in [5.41, 5.74) is 1.09. The molecule has 3 heterocycles. The van der Waals surface area contributed by atoms with Gasteiger partial charge in [-0.05, 0) is 38.7 Å². The van der Waals surface area contributed by atoms with E-state index in [0.717, 1.165) is 43.2 Å². The summed E-state index contributed by atoms with van der Waals surface area (Å²) in [5, 5.41) is 0. The molecule has 0 N–H and O–H groups in total. The Morgan fingerprint density at radius 2 is 2.05 bits per heavy atom. The summed E-state index contributed by atoms with van der Waals surface area (Å²) in [6, 6.07) is 1.90. The third-order valence-electron chi connectivity index (χ3n) is 4.21. The van der Waals surface area contributed by atoms with Gasteiger partial charge in [-0.25, -0.2) is 9.78 Å². The molecule has 0 amide bonds. The average Bonchev–Trinajstić information content (AvgIpc) is 2.61. The molecule has 0 aliphatic carbocycles. The molecule has 19 heavy (non-hydrogen) atoms. The Labute approximate surface area is 113 Å². The molecule has 4 nitrogen and oxygen atoms in total. The van der Waals surface area contributed by atoms with Crippen molar-refractivity contribution in [3.63, 3.8) is 0 Å². The lowest BCUT2D eigenvalue weighted by Crippen LogP contribution is -2.34. The second kappa shape index (κ2) is 4.22. The first-order valence-electron chi connectivity index (χ1n) is 6.97. The zero-order valence-electron chi connectivity index (χ0n) is 11.8. The maximum absolute atomic E-state index is 12.1. The molecule has 3 rings (SSSR count). The molecule has 2 aliphatic heterocycles. The fourth-order valence-corrected chi connectivity index (χ4v) is 2.95. The van der Waals surface area contributed by atoms with Crippen LogP contribution in [0.2, 0.25) is 0 Å². The smallest absolute Gasteiger partial charge is 0.343 e. The van der Waals surface area contributed by atoms with E-state index in [1.807, 2.05) is 19.9 Å². The molecule has 1 aromatic heterocycles. The number of carbonyl (C=O) groups is 1. The Hall–Kier alpha value is -1.58. The molecule has 0 atom stereocenters. The number of pyridine rings is 1. The molecule has 0 unspecified atom stereocenters. The van der Waals surface area contributed by atoms with Crippen LogP contribution in [0.1, 0.15) is 49.5 Å². The SMILES string of the molecule is CC1CCN(c2nccc3c2C(=O)OC3(C)C)CC1. The van der Waals surface area contributed by atoms with Gasteiger partial charge in [-0.1, -0.05) is 6.92 Å². The monoisotopic (exact) mass is 260 g/mol. The minimum Gasteiger partial charge on any atom is -0.451 e. The second-order valence-electron chi connectivity index (χ2n) is 6.13. The van der Waals surface area contributed by atoms with Gasteiger partial charge in [0, 0.05) is 24.8 Å². The van der Waals surface area contributed by atoms with E-state index in [2.05, 4.69) is 16.8 Å². The zero-order valence-corrected chi connectivity index (χ0v) is 11.8. The number of rotatable bonds is 1. The Morgan fingerprint density at radius 3 is 2.74 bits per heavy atom. The number of nitrogens with zero attached hydrogens (tertiary/aromatic N) is 2. The maximum Gasteiger partial charge on any atom is 0.343 e. The molecule has 0 saturated carbocycles. The van der Waals surface area contributed by atoms with Gasteiger partial charge in [0.25, 0.3) is 0 Å². The van der Waals surface area contributed by atoms with Crippen LogP contribution in [0.25, 0.3) is 0 Å². The van der Waals surface area contributed by atoms with Crippen molar-refractivity contribution in [1.29, 1.82) is 0 Å². The highest BCUT2D eigenvalue weighted by Crippen LogP contribution is 2.39. The van der Waals surface area contributed by atoms with Gasteiger partial charge < -0.3 is 9.64 Å². The van der Waals surface area contributed by atoms with Crippen LogP contribution in [0.5, 0.6) is 0 Å². The molecule has 1 fully saturated rings. The Balaban J connectivity index is 2.00. The number of piperidine rings is 1. The summed E-state index contributed by atoms with van der Waals surface area (Å²) >= 11 is 0. The number of hydrogen-bond acceptors (Lipinski definition) is 4. The van der Waals surface area contributed by atoms with E-state index in [1.54, 1.807) is 6.20 Å². The molecule has 1 aromatic rings. The molecule has 0 spiro atoms. The average molecular weight is 260 g/mol. The van der Waals surface area contributed by atoms with Crippen LogP contribution < -0.4 is 4.90 Å². The standard InChI is InChI=1S/C15H20N2O2/c1-10-5-8-17(9-6-10)13-12-11(4-7-16-13)15(2,3)19-14(12)18/h4,7,10H,5-6,8-9H2,1-3H3. The lowest BCUT2D eigenvalue weighted by Gasteiger charge is -2.31. The van der Waals surface area contributed by atoms with E-state index in [9.17, 15) is 4.79 Å². The molecule has 0 bridgehead atoms. The molecule has 0 radical (unpaired) electrons. The Kier molecular flexibility index (Phi) is 2.77. The van der Waals surface area contributed by atoms with Crippen LogP contribution in [-0.4, -0.2) is 24.0 Å². The van der Waals surface area contributed by atoms with Gasteiger partial charge >= 0.3 is 5.97 Å². The van der Waals surface area contributed by atoms with Crippen molar-refractivity contribution in [3.8, 4) is 0 Å². The normalized spacial score (nSPS) is 22.3. The molecule has 0 aromatic carbocycles.